The summed E-state index contributed by atoms with van der Waals surface area (Å²) in [5.41, 5.74) is 1.72. The molecule has 0 aliphatic carbocycles. The lowest BCUT2D eigenvalue weighted by Gasteiger charge is -2.12. The van der Waals surface area contributed by atoms with Crippen LogP contribution in [0.3, 0.4) is 0 Å². The summed E-state index contributed by atoms with van der Waals surface area (Å²) in [5.74, 6) is 1.70. The fourth-order valence-electron chi connectivity index (χ4n) is 2.53. The first-order chi connectivity index (χ1) is 13.6. The van der Waals surface area contributed by atoms with Gasteiger partial charge in [0, 0.05) is 22.5 Å². The van der Waals surface area contributed by atoms with Crippen LogP contribution in [0.1, 0.15) is 19.4 Å². The quantitative estimate of drug-likeness (QED) is 0.484. The maximum atomic E-state index is 12.8. The van der Waals surface area contributed by atoms with Crippen molar-refractivity contribution >= 4 is 39.2 Å². The largest absolute Gasteiger partial charge is 0.494 e. The van der Waals surface area contributed by atoms with Crippen molar-refractivity contribution in [2.45, 2.75) is 31.3 Å². The molecule has 1 aromatic heterocycles. The van der Waals surface area contributed by atoms with Gasteiger partial charge in [-0.15, -0.1) is 10.2 Å². The van der Waals surface area contributed by atoms with Gasteiger partial charge >= 0.3 is 0 Å². The smallest absolute Gasteiger partial charge is 0.297 e. The Morgan fingerprint density at radius 2 is 1.79 bits per heavy atom. The van der Waals surface area contributed by atoms with Crippen LogP contribution in [0.25, 0.3) is 0 Å². The number of halogens is 1. The predicted molar refractivity (Wildman–Crippen MR) is 117 cm³/mol. The summed E-state index contributed by atoms with van der Waals surface area (Å²) in [7, 11) is 0. The number of rotatable bonds is 8. The van der Waals surface area contributed by atoms with Crippen LogP contribution in [0.4, 0.5) is 11.5 Å². The molecule has 0 fully saturated rings. The van der Waals surface area contributed by atoms with Crippen molar-refractivity contribution in [1.29, 1.82) is 0 Å². The van der Waals surface area contributed by atoms with Gasteiger partial charge in [-0.25, -0.2) is 0 Å². The van der Waals surface area contributed by atoms with Gasteiger partial charge in [0.15, 0.2) is 5.16 Å². The summed E-state index contributed by atoms with van der Waals surface area (Å²) in [5, 5.41) is 12.0. The van der Waals surface area contributed by atoms with E-state index >= 15 is 0 Å². The monoisotopic (exact) mass is 460 g/mol. The zero-order chi connectivity index (χ0) is 19.9. The minimum Gasteiger partial charge on any atom is -0.494 e. The van der Waals surface area contributed by atoms with E-state index in [0.717, 1.165) is 21.5 Å². The molecule has 28 heavy (non-hydrogen) atoms. The third-order valence-electron chi connectivity index (χ3n) is 3.94. The van der Waals surface area contributed by atoms with E-state index in [1.807, 2.05) is 62.4 Å². The molecule has 8 heteroatoms. The minimum atomic E-state index is -0.190. The number of ether oxygens (including phenoxy) is 1. The summed E-state index contributed by atoms with van der Waals surface area (Å²) in [6.07, 6.45) is 0. The Hall–Kier alpha value is -2.32. The van der Waals surface area contributed by atoms with Crippen LogP contribution in [0.5, 0.6) is 5.75 Å². The van der Waals surface area contributed by atoms with E-state index in [0.29, 0.717) is 24.1 Å². The van der Waals surface area contributed by atoms with Crippen LogP contribution in [0.15, 0.2) is 63.0 Å². The van der Waals surface area contributed by atoms with Crippen molar-refractivity contribution in [3.8, 4) is 5.75 Å². The van der Waals surface area contributed by atoms with Crippen LogP contribution in [-0.2, 0) is 12.3 Å². The van der Waals surface area contributed by atoms with Gasteiger partial charge < -0.3 is 10.1 Å². The van der Waals surface area contributed by atoms with E-state index in [4.69, 9.17) is 4.74 Å². The Morgan fingerprint density at radius 3 is 2.43 bits per heavy atom. The molecule has 0 saturated carbocycles. The van der Waals surface area contributed by atoms with Crippen LogP contribution >= 0.6 is 27.7 Å². The fraction of sp³-hybridized carbons (Fsp3) is 0.250. The summed E-state index contributed by atoms with van der Waals surface area (Å²) in [4.78, 5) is 12.8. The molecule has 0 amide bonds. The van der Waals surface area contributed by atoms with E-state index in [2.05, 4.69) is 31.4 Å². The van der Waals surface area contributed by atoms with Gasteiger partial charge in [0.2, 0.25) is 5.82 Å². The molecule has 0 saturated heterocycles. The number of anilines is 2. The van der Waals surface area contributed by atoms with E-state index in [9.17, 15) is 4.79 Å². The Balaban J connectivity index is 1.75. The van der Waals surface area contributed by atoms with Gasteiger partial charge in [-0.05, 0) is 55.8 Å². The van der Waals surface area contributed by atoms with Gasteiger partial charge in [-0.3, -0.25) is 9.36 Å². The molecule has 146 valence electrons. The number of hydrogen-bond donors (Lipinski definition) is 1. The highest BCUT2D eigenvalue weighted by atomic mass is 79.9. The summed E-state index contributed by atoms with van der Waals surface area (Å²) >= 11 is 4.93. The Bertz CT molecular complexity index is 975. The normalized spacial score (nSPS) is 10.7. The van der Waals surface area contributed by atoms with Crippen LogP contribution in [0, 0.1) is 0 Å². The topological polar surface area (TPSA) is 69.0 Å². The maximum absolute atomic E-state index is 12.8. The van der Waals surface area contributed by atoms with E-state index < -0.39 is 0 Å². The zero-order valence-corrected chi connectivity index (χ0v) is 18.1. The van der Waals surface area contributed by atoms with Crippen LogP contribution in [0.2, 0.25) is 0 Å². The molecule has 0 radical (unpaired) electrons. The van der Waals surface area contributed by atoms with E-state index in [1.165, 1.54) is 11.8 Å². The number of nitrogens with zero attached hydrogens (tertiary/aromatic N) is 3. The van der Waals surface area contributed by atoms with Crippen molar-refractivity contribution in [2.24, 2.45) is 0 Å². The highest BCUT2D eigenvalue weighted by Gasteiger charge is 2.12. The molecule has 0 unspecified atom stereocenters. The number of benzene rings is 2. The molecule has 0 atom stereocenters. The minimum absolute atomic E-state index is 0.190. The fourth-order valence-corrected chi connectivity index (χ4v) is 3.75. The first kappa shape index (κ1) is 20.4. The molecule has 3 aromatic rings. The average molecular weight is 461 g/mol. The molecule has 1 N–H and O–H groups in total. The lowest BCUT2D eigenvalue weighted by molar-refractivity contribution is 0.340. The van der Waals surface area contributed by atoms with Gasteiger partial charge in [-0.1, -0.05) is 39.8 Å². The maximum Gasteiger partial charge on any atom is 0.297 e. The van der Waals surface area contributed by atoms with Crippen molar-refractivity contribution in [2.75, 3.05) is 11.9 Å². The number of hydrogen-bond acceptors (Lipinski definition) is 6. The molecular weight excluding hydrogens is 440 g/mol. The molecule has 0 aliphatic heterocycles. The van der Waals surface area contributed by atoms with Crippen LogP contribution < -0.4 is 15.6 Å². The van der Waals surface area contributed by atoms with E-state index in [1.54, 1.807) is 4.57 Å². The SMILES string of the molecule is CCOc1ccc(Nc2nnc(SCc3ccc(Br)cc3)n(CC)c2=O)cc1. The van der Waals surface area contributed by atoms with Gasteiger partial charge in [0.05, 0.1) is 6.61 Å². The van der Waals surface area contributed by atoms with Crippen molar-refractivity contribution in [1.82, 2.24) is 14.8 Å². The standard InChI is InChI=1S/C20H21BrN4O2S/c1-3-25-19(26)18(22-16-9-11-17(12-10-16)27-4-2)23-24-20(25)28-13-14-5-7-15(21)8-6-14/h5-12H,3-4,13H2,1-2H3,(H,22,23). The molecule has 0 spiro atoms. The van der Waals surface area contributed by atoms with Gasteiger partial charge in [-0.2, -0.15) is 0 Å². The Kier molecular flexibility index (Phi) is 7.11. The van der Waals surface area contributed by atoms with Gasteiger partial charge in [0.1, 0.15) is 5.75 Å². The molecule has 6 nitrogen and oxygen atoms in total. The number of nitrogens with one attached hydrogen (secondary N) is 1. The van der Waals surface area contributed by atoms with Crippen LogP contribution in [-0.4, -0.2) is 21.4 Å². The lowest BCUT2D eigenvalue weighted by atomic mass is 10.2. The molecule has 0 bridgehead atoms. The first-order valence-corrected chi connectivity index (χ1v) is 10.7. The first-order valence-electron chi connectivity index (χ1n) is 8.95. The summed E-state index contributed by atoms with van der Waals surface area (Å²) in [6, 6.07) is 15.5. The predicted octanol–water partition coefficient (Wildman–Crippen LogP) is 4.86. The molecule has 2 aromatic carbocycles. The number of thioether (sulfide) groups is 1. The molecule has 0 aliphatic rings. The highest BCUT2D eigenvalue weighted by Crippen LogP contribution is 2.22. The highest BCUT2D eigenvalue weighted by molar-refractivity contribution is 9.10. The summed E-state index contributed by atoms with van der Waals surface area (Å²) in [6.45, 7) is 4.99. The Labute approximate surface area is 176 Å². The van der Waals surface area contributed by atoms with Gasteiger partial charge in [0.25, 0.3) is 5.56 Å². The average Bonchev–Trinajstić information content (AvgIpc) is 2.71. The summed E-state index contributed by atoms with van der Waals surface area (Å²) < 4.78 is 8.10. The molecular formula is C20H21BrN4O2S. The second-order valence-electron chi connectivity index (χ2n) is 5.88. The third-order valence-corrected chi connectivity index (χ3v) is 5.51. The molecule has 1 heterocycles. The Morgan fingerprint density at radius 1 is 1.07 bits per heavy atom. The van der Waals surface area contributed by atoms with E-state index in [-0.39, 0.29) is 11.4 Å². The lowest BCUT2D eigenvalue weighted by Crippen LogP contribution is -2.26. The second-order valence-corrected chi connectivity index (χ2v) is 7.74. The third kappa shape index (κ3) is 5.14. The van der Waals surface area contributed by atoms with Crippen molar-refractivity contribution in [3.05, 3.63) is 68.9 Å². The zero-order valence-electron chi connectivity index (χ0n) is 15.7. The number of aromatic nitrogens is 3. The molecule has 3 rings (SSSR count). The van der Waals surface area contributed by atoms with Crippen molar-refractivity contribution in [3.63, 3.8) is 0 Å². The second kappa shape index (κ2) is 9.75. The van der Waals surface area contributed by atoms with Crippen molar-refractivity contribution < 1.29 is 4.74 Å².